The molecule has 46 heavy (non-hydrogen) atoms. The van der Waals surface area contributed by atoms with Crippen LogP contribution in [0.5, 0.6) is 5.75 Å². The molecule has 0 radical (unpaired) electrons. The van der Waals surface area contributed by atoms with Crippen molar-refractivity contribution in [3.8, 4) is 22.6 Å². The van der Waals surface area contributed by atoms with E-state index in [0.29, 0.717) is 53.7 Å². The van der Waals surface area contributed by atoms with E-state index in [-0.39, 0.29) is 24.8 Å². The number of rotatable bonds is 10. The molecule has 0 fully saturated rings. The molecule has 1 aliphatic heterocycles. The standard InChI is InChI=1S/C34H36ClN7O3S/c1-20-21(2)46-34-31(20)32(23-10-12-25(35)13-11-23)39-27(33-41-40-22(3)42(33)34)19-30(44)37-17-6-5-9-29(43)38-26-14-15-28(45-4)24(18-26)8-7-16-36/h10-15,18,27H,5-6,9,16-17,19,36H2,1-4H3,(H,37,44)(H,38,43)/t27-/m0/s1. The van der Waals surface area contributed by atoms with E-state index in [2.05, 4.69) is 46.5 Å². The fourth-order valence-electron chi connectivity index (χ4n) is 5.27. The van der Waals surface area contributed by atoms with Crippen molar-refractivity contribution >= 4 is 46.2 Å². The molecule has 12 heteroatoms. The Kier molecular flexibility index (Phi) is 10.5. The van der Waals surface area contributed by atoms with E-state index in [1.54, 1.807) is 36.6 Å². The van der Waals surface area contributed by atoms with Crippen LogP contribution in [-0.4, -0.2) is 52.5 Å². The molecule has 2 aromatic carbocycles. The van der Waals surface area contributed by atoms with Gasteiger partial charge in [-0.25, -0.2) is 0 Å². The molecule has 0 unspecified atom stereocenters. The molecule has 1 aliphatic rings. The minimum Gasteiger partial charge on any atom is -0.495 e. The number of unbranched alkanes of at least 4 members (excludes halogenated alkanes) is 1. The summed E-state index contributed by atoms with van der Waals surface area (Å²) in [5, 5.41) is 16.4. The summed E-state index contributed by atoms with van der Waals surface area (Å²) in [4.78, 5) is 32.1. The Balaban J connectivity index is 1.22. The highest BCUT2D eigenvalue weighted by atomic mass is 35.5. The first-order valence-electron chi connectivity index (χ1n) is 15.0. The quantitative estimate of drug-likeness (QED) is 0.154. The fourth-order valence-corrected chi connectivity index (χ4v) is 6.61. The number of carbonyl (C=O) groups excluding carboxylic acids is 2. The number of methoxy groups -OCH3 is 1. The van der Waals surface area contributed by atoms with Crippen molar-refractivity contribution in [2.24, 2.45) is 10.7 Å². The lowest BCUT2D eigenvalue weighted by Gasteiger charge is -2.13. The zero-order chi connectivity index (χ0) is 32.8. The van der Waals surface area contributed by atoms with Crippen LogP contribution in [0.25, 0.3) is 5.00 Å². The van der Waals surface area contributed by atoms with Gasteiger partial charge in [0.1, 0.15) is 22.6 Å². The van der Waals surface area contributed by atoms with Crippen molar-refractivity contribution in [2.75, 3.05) is 25.5 Å². The maximum atomic E-state index is 13.2. The lowest BCUT2D eigenvalue weighted by Crippen LogP contribution is -2.26. The number of hydrogen-bond acceptors (Lipinski definition) is 8. The maximum absolute atomic E-state index is 13.2. The first kappa shape index (κ1) is 32.9. The highest BCUT2D eigenvalue weighted by molar-refractivity contribution is 7.15. The highest BCUT2D eigenvalue weighted by Gasteiger charge is 2.32. The second-order valence-corrected chi connectivity index (χ2v) is 12.5. The number of aliphatic imine (C=N–C) groups is 1. The van der Waals surface area contributed by atoms with Crippen LogP contribution < -0.4 is 21.1 Å². The fraction of sp³-hybridized carbons (Fsp3) is 0.324. The summed E-state index contributed by atoms with van der Waals surface area (Å²) in [5.74, 6) is 7.47. The number of carbonyl (C=O) groups is 2. The summed E-state index contributed by atoms with van der Waals surface area (Å²) in [5.41, 5.74) is 10.6. The number of aryl methyl sites for hydroxylation is 2. The Morgan fingerprint density at radius 2 is 1.87 bits per heavy atom. The third-order valence-corrected chi connectivity index (χ3v) is 9.14. The molecule has 0 saturated heterocycles. The van der Waals surface area contributed by atoms with Crippen LogP contribution in [-0.2, 0) is 9.59 Å². The van der Waals surface area contributed by atoms with Crippen molar-refractivity contribution in [3.63, 3.8) is 0 Å². The summed E-state index contributed by atoms with van der Waals surface area (Å²) in [6, 6.07) is 12.3. The minimum absolute atomic E-state index is 0.107. The van der Waals surface area contributed by atoms with Gasteiger partial charge in [-0.1, -0.05) is 35.6 Å². The smallest absolute Gasteiger partial charge is 0.224 e. The van der Waals surface area contributed by atoms with Crippen LogP contribution in [0.2, 0.25) is 5.02 Å². The molecule has 0 bridgehead atoms. The lowest BCUT2D eigenvalue weighted by atomic mass is 9.99. The first-order chi connectivity index (χ1) is 22.2. The van der Waals surface area contributed by atoms with Gasteiger partial charge in [-0.05, 0) is 69.5 Å². The van der Waals surface area contributed by atoms with E-state index < -0.39 is 6.04 Å². The summed E-state index contributed by atoms with van der Waals surface area (Å²) < 4.78 is 7.35. The molecule has 3 heterocycles. The topological polar surface area (TPSA) is 137 Å². The SMILES string of the molecule is COc1ccc(NC(=O)CCCCNC(=O)C[C@@H]2N=C(c3ccc(Cl)cc3)c3c(sc(C)c3C)-n3c(C)nnc32)cc1C#CCN. The number of nitrogens with two attached hydrogens (primary N) is 1. The molecular formula is C34H36ClN7O3S. The number of nitrogens with one attached hydrogen (secondary N) is 2. The van der Waals surface area contributed by atoms with Crippen LogP contribution in [0.15, 0.2) is 47.5 Å². The first-order valence-corrected chi connectivity index (χ1v) is 16.2. The normalized spacial score (nSPS) is 13.4. The van der Waals surface area contributed by atoms with Gasteiger partial charge >= 0.3 is 0 Å². The summed E-state index contributed by atoms with van der Waals surface area (Å²) >= 11 is 7.87. The molecule has 5 rings (SSSR count). The van der Waals surface area contributed by atoms with Crippen LogP contribution in [0.4, 0.5) is 5.69 Å². The zero-order valence-electron chi connectivity index (χ0n) is 26.2. The number of thiophene rings is 1. The predicted octanol–water partition coefficient (Wildman–Crippen LogP) is 5.43. The van der Waals surface area contributed by atoms with Gasteiger partial charge in [-0.2, -0.15) is 0 Å². The molecule has 0 spiro atoms. The largest absolute Gasteiger partial charge is 0.495 e. The van der Waals surface area contributed by atoms with Gasteiger partial charge in [-0.3, -0.25) is 19.1 Å². The lowest BCUT2D eigenvalue weighted by molar-refractivity contribution is -0.121. The Labute approximate surface area is 277 Å². The van der Waals surface area contributed by atoms with E-state index in [4.69, 9.17) is 27.1 Å². The highest BCUT2D eigenvalue weighted by Crippen LogP contribution is 2.39. The number of fused-ring (bicyclic) bond motifs is 3. The van der Waals surface area contributed by atoms with Gasteiger partial charge in [0.05, 0.1) is 31.4 Å². The second kappa shape index (κ2) is 14.7. The molecule has 4 aromatic rings. The third kappa shape index (κ3) is 7.31. The predicted molar refractivity (Wildman–Crippen MR) is 182 cm³/mol. The number of anilines is 1. The van der Waals surface area contributed by atoms with Gasteiger partial charge in [0, 0.05) is 39.7 Å². The number of nitrogens with zero attached hydrogens (tertiary/aromatic N) is 4. The van der Waals surface area contributed by atoms with Crippen molar-refractivity contribution in [3.05, 3.63) is 86.3 Å². The summed E-state index contributed by atoms with van der Waals surface area (Å²) in [7, 11) is 1.57. The molecule has 2 amide bonds. The average molecular weight is 658 g/mol. The third-order valence-electron chi connectivity index (χ3n) is 7.70. The number of halogens is 1. The maximum Gasteiger partial charge on any atom is 0.224 e. The monoisotopic (exact) mass is 657 g/mol. The Bertz CT molecular complexity index is 1850. The van der Waals surface area contributed by atoms with Crippen molar-refractivity contribution < 1.29 is 14.3 Å². The molecular weight excluding hydrogens is 622 g/mol. The van der Waals surface area contributed by atoms with E-state index in [9.17, 15) is 9.59 Å². The molecule has 2 aromatic heterocycles. The molecule has 0 aliphatic carbocycles. The Hall–Kier alpha value is -4.50. The average Bonchev–Trinajstić information content (AvgIpc) is 3.52. The molecule has 238 valence electrons. The van der Waals surface area contributed by atoms with Crippen molar-refractivity contribution in [1.82, 2.24) is 20.1 Å². The Morgan fingerprint density at radius 3 is 2.61 bits per heavy atom. The van der Waals surface area contributed by atoms with E-state index in [0.717, 1.165) is 33.2 Å². The van der Waals surface area contributed by atoms with Crippen LogP contribution in [0.3, 0.4) is 0 Å². The second-order valence-electron chi connectivity index (χ2n) is 10.9. The van der Waals surface area contributed by atoms with Crippen LogP contribution in [0.1, 0.15) is 70.5 Å². The van der Waals surface area contributed by atoms with Crippen molar-refractivity contribution in [1.29, 1.82) is 0 Å². The molecule has 4 N–H and O–H groups in total. The van der Waals surface area contributed by atoms with E-state index >= 15 is 0 Å². The zero-order valence-corrected chi connectivity index (χ0v) is 27.8. The minimum atomic E-state index is -0.541. The van der Waals surface area contributed by atoms with Gasteiger partial charge in [0.15, 0.2) is 5.82 Å². The number of aromatic nitrogens is 3. The van der Waals surface area contributed by atoms with E-state index in [1.807, 2.05) is 35.8 Å². The van der Waals surface area contributed by atoms with Crippen LogP contribution in [0, 0.1) is 32.6 Å². The van der Waals surface area contributed by atoms with Crippen LogP contribution >= 0.6 is 22.9 Å². The van der Waals surface area contributed by atoms with Crippen molar-refractivity contribution in [2.45, 2.75) is 52.5 Å². The molecule has 10 nitrogen and oxygen atoms in total. The molecule has 1 atom stereocenters. The van der Waals surface area contributed by atoms with E-state index in [1.165, 1.54) is 4.88 Å². The van der Waals surface area contributed by atoms with Gasteiger partial charge in [0.2, 0.25) is 11.8 Å². The number of hydrogen-bond donors (Lipinski definition) is 3. The summed E-state index contributed by atoms with van der Waals surface area (Å²) in [6.07, 6.45) is 1.67. The molecule has 0 saturated carbocycles. The number of benzene rings is 2. The Morgan fingerprint density at radius 1 is 1.09 bits per heavy atom. The number of amides is 2. The summed E-state index contributed by atoms with van der Waals surface area (Å²) in [6.45, 7) is 6.76. The number of ether oxygens (including phenoxy) is 1. The van der Waals surface area contributed by atoms with Gasteiger partial charge in [-0.15, -0.1) is 21.5 Å². The van der Waals surface area contributed by atoms with Gasteiger partial charge in [0.25, 0.3) is 0 Å². The van der Waals surface area contributed by atoms with Gasteiger partial charge < -0.3 is 21.1 Å².